The monoisotopic (exact) mass is 379 g/mol. The Kier molecular flexibility index (Phi) is 4.42. The van der Waals surface area contributed by atoms with Crippen molar-refractivity contribution in [2.24, 2.45) is 14.1 Å². The van der Waals surface area contributed by atoms with Gasteiger partial charge in [0, 0.05) is 13.1 Å². The van der Waals surface area contributed by atoms with Crippen LogP contribution in [0.4, 0.5) is 0 Å². The van der Waals surface area contributed by atoms with Crippen molar-refractivity contribution in [3.63, 3.8) is 0 Å². The fourth-order valence-electron chi connectivity index (χ4n) is 2.47. The van der Waals surface area contributed by atoms with Crippen molar-refractivity contribution in [3.8, 4) is 0 Å². The summed E-state index contributed by atoms with van der Waals surface area (Å²) in [5.74, 6) is 1.05. The molecule has 0 spiro atoms. The molecule has 0 aliphatic rings. The van der Waals surface area contributed by atoms with Gasteiger partial charge >= 0.3 is 0 Å². The van der Waals surface area contributed by atoms with E-state index in [4.69, 9.17) is 4.98 Å². The summed E-state index contributed by atoms with van der Waals surface area (Å²) in [6.45, 7) is 2.05. The second-order valence-electron chi connectivity index (χ2n) is 4.99. The number of benzene rings is 1. The Bertz CT molecular complexity index is 732. The minimum atomic E-state index is 0. The number of aromatic nitrogens is 3. The van der Waals surface area contributed by atoms with Gasteiger partial charge in [0.1, 0.15) is 12.9 Å². The van der Waals surface area contributed by atoms with E-state index in [2.05, 4.69) is 65.8 Å². The number of nitrogens with zero attached hydrogens (tertiary/aromatic N) is 3. The van der Waals surface area contributed by atoms with Crippen LogP contribution in [0.2, 0.25) is 0 Å². The van der Waals surface area contributed by atoms with Crippen LogP contribution in [0.15, 0.2) is 42.6 Å². The summed E-state index contributed by atoms with van der Waals surface area (Å²) >= 11 is 0. The molecule has 0 radical (unpaired) electrons. The molecule has 3 aromatic rings. The minimum absolute atomic E-state index is 0. The summed E-state index contributed by atoms with van der Waals surface area (Å²) in [6.07, 6.45) is 3.02. The summed E-state index contributed by atoms with van der Waals surface area (Å²) in [7, 11) is 4.15. The third-order valence-electron chi connectivity index (χ3n) is 3.73. The van der Waals surface area contributed by atoms with Crippen molar-refractivity contribution in [1.29, 1.82) is 0 Å². The van der Waals surface area contributed by atoms with Crippen LogP contribution in [0.5, 0.6) is 0 Å². The van der Waals surface area contributed by atoms with E-state index in [1.807, 2.05) is 6.92 Å². The van der Waals surface area contributed by atoms with E-state index in [0.29, 0.717) is 0 Å². The van der Waals surface area contributed by atoms with Crippen LogP contribution >= 0.6 is 0 Å². The largest absolute Gasteiger partial charge is 1.00 e. The van der Waals surface area contributed by atoms with Gasteiger partial charge in [0.2, 0.25) is 5.69 Å². The topological polar surface area (TPSA) is 21.7 Å². The van der Waals surface area contributed by atoms with E-state index >= 15 is 0 Å². The fourth-order valence-corrected chi connectivity index (χ4v) is 2.47. The highest BCUT2D eigenvalue weighted by molar-refractivity contribution is 5.77. The van der Waals surface area contributed by atoms with Crippen molar-refractivity contribution in [3.05, 3.63) is 59.7 Å². The van der Waals surface area contributed by atoms with Gasteiger partial charge in [-0.05, 0) is 12.5 Å². The molecule has 104 valence electrons. The Balaban J connectivity index is 0.00000147. The third-order valence-corrected chi connectivity index (χ3v) is 3.73. The molecular weight excluding hydrogens is 361 g/mol. The van der Waals surface area contributed by atoms with E-state index < -0.39 is 0 Å². The van der Waals surface area contributed by atoms with Gasteiger partial charge in [-0.15, -0.1) is 0 Å². The Morgan fingerprint density at radius 3 is 2.55 bits per heavy atom. The maximum Gasteiger partial charge on any atom is 0.213 e. The SMILES string of the molecule is Cc1nc2c(Cc3ccccc3)[n+](C)ccc2n1C.[I-]. The first-order valence-electron chi connectivity index (χ1n) is 6.51. The molecule has 0 fully saturated rings. The minimum Gasteiger partial charge on any atom is -1.00 e. The van der Waals surface area contributed by atoms with Crippen molar-refractivity contribution < 1.29 is 28.5 Å². The molecule has 3 rings (SSSR count). The zero-order chi connectivity index (χ0) is 13.4. The Labute approximate surface area is 136 Å². The first-order chi connectivity index (χ1) is 9.16. The molecule has 0 atom stereocenters. The predicted molar refractivity (Wildman–Crippen MR) is 75.9 cm³/mol. The molecule has 0 saturated carbocycles. The summed E-state index contributed by atoms with van der Waals surface area (Å²) in [4.78, 5) is 4.71. The zero-order valence-electron chi connectivity index (χ0n) is 12.0. The van der Waals surface area contributed by atoms with Crippen molar-refractivity contribution in [2.45, 2.75) is 13.3 Å². The number of fused-ring (bicyclic) bond motifs is 1. The molecule has 4 heteroatoms. The van der Waals surface area contributed by atoms with Crippen molar-refractivity contribution in [2.75, 3.05) is 0 Å². The fraction of sp³-hybridized carbons (Fsp3) is 0.250. The first kappa shape index (κ1) is 15.0. The molecule has 0 unspecified atom stereocenters. The predicted octanol–water partition coefficient (Wildman–Crippen LogP) is -0.699. The lowest BCUT2D eigenvalue weighted by molar-refractivity contribution is -0.677. The van der Waals surface area contributed by atoms with Crippen LogP contribution in [-0.2, 0) is 20.5 Å². The maximum absolute atomic E-state index is 4.71. The molecule has 2 heterocycles. The van der Waals surface area contributed by atoms with Crippen molar-refractivity contribution >= 4 is 11.0 Å². The van der Waals surface area contributed by atoms with E-state index in [1.54, 1.807) is 0 Å². The maximum atomic E-state index is 4.71. The van der Waals surface area contributed by atoms with Gasteiger partial charge in [-0.1, -0.05) is 30.3 Å². The molecule has 0 bridgehead atoms. The molecule has 0 aliphatic carbocycles. The summed E-state index contributed by atoms with van der Waals surface area (Å²) in [5, 5.41) is 0. The van der Waals surface area contributed by atoms with Gasteiger partial charge in [0.05, 0.1) is 11.9 Å². The van der Waals surface area contributed by atoms with Crippen LogP contribution in [0.1, 0.15) is 17.1 Å². The molecule has 20 heavy (non-hydrogen) atoms. The number of rotatable bonds is 2. The van der Waals surface area contributed by atoms with Gasteiger partial charge < -0.3 is 28.5 Å². The second-order valence-corrected chi connectivity index (χ2v) is 4.99. The summed E-state index contributed by atoms with van der Waals surface area (Å²) < 4.78 is 4.31. The van der Waals surface area contributed by atoms with Crippen molar-refractivity contribution in [1.82, 2.24) is 9.55 Å². The Hall–Kier alpha value is -1.43. The molecule has 0 saturated heterocycles. The standard InChI is InChI=1S/C16H18N3.HI/c1-12-17-16-14(19(12)3)9-10-18(2)15(16)11-13-7-5-4-6-8-13;/h4-10H,11H2,1-3H3;1H/q+1;/p-1. The lowest BCUT2D eigenvalue weighted by Crippen LogP contribution is -3.00. The summed E-state index contributed by atoms with van der Waals surface area (Å²) in [5.41, 5.74) is 4.87. The molecule has 0 aliphatic heterocycles. The Morgan fingerprint density at radius 2 is 1.85 bits per heavy atom. The van der Waals surface area contributed by atoms with Crippen LogP contribution < -0.4 is 28.5 Å². The van der Waals surface area contributed by atoms with Gasteiger partial charge in [-0.25, -0.2) is 9.55 Å². The van der Waals surface area contributed by atoms with Crippen LogP contribution in [-0.4, -0.2) is 9.55 Å². The number of imidazole rings is 1. The second kappa shape index (κ2) is 5.91. The highest BCUT2D eigenvalue weighted by Gasteiger charge is 2.17. The lowest BCUT2D eigenvalue weighted by atomic mass is 10.1. The molecular formula is C16H18IN3. The molecule has 2 aromatic heterocycles. The first-order valence-corrected chi connectivity index (χ1v) is 6.51. The Morgan fingerprint density at radius 1 is 1.15 bits per heavy atom. The van der Waals surface area contributed by atoms with E-state index in [9.17, 15) is 0 Å². The van der Waals surface area contributed by atoms with Crippen LogP contribution in [0.3, 0.4) is 0 Å². The lowest BCUT2D eigenvalue weighted by Gasteiger charge is -2.02. The molecule has 3 nitrogen and oxygen atoms in total. The summed E-state index contributed by atoms with van der Waals surface area (Å²) in [6, 6.07) is 12.7. The van der Waals surface area contributed by atoms with Gasteiger partial charge in [0.15, 0.2) is 11.7 Å². The third kappa shape index (κ3) is 2.57. The van der Waals surface area contributed by atoms with E-state index in [0.717, 1.165) is 17.8 Å². The van der Waals surface area contributed by atoms with Gasteiger partial charge in [-0.3, -0.25) is 0 Å². The zero-order valence-corrected chi connectivity index (χ0v) is 14.1. The van der Waals surface area contributed by atoms with E-state index in [-0.39, 0.29) is 24.0 Å². The highest BCUT2D eigenvalue weighted by Crippen LogP contribution is 2.18. The molecule has 1 aromatic carbocycles. The normalized spacial score (nSPS) is 10.6. The number of hydrogen-bond acceptors (Lipinski definition) is 1. The molecule has 0 N–H and O–H groups in total. The smallest absolute Gasteiger partial charge is 0.213 e. The number of aryl methyl sites for hydroxylation is 3. The average Bonchev–Trinajstić information content (AvgIpc) is 2.71. The average molecular weight is 379 g/mol. The van der Waals surface area contributed by atoms with Gasteiger partial charge in [-0.2, -0.15) is 0 Å². The van der Waals surface area contributed by atoms with E-state index in [1.165, 1.54) is 16.8 Å². The number of halogens is 1. The van der Waals surface area contributed by atoms with Crippen LogP contribution in [0.25, 0.3) is 11.0 Å². The van der Waals surface area contributed by atoms with Crippen LogP contribution in [0, 0.1) is 6.92 Å². The number of hydrogen-bond donors (Lipinski definition) is 0. The van der Waals surface area contributed by atoms with Gasteiger partial charge in [0.25, 0.3) is 0 Å². The quantitative estimate of drug-likeness (QED) is 0.427. The molecule has 0 amide bonds. The number of pyridine rings is 1. The highest BCUT2D eigenvalue weighted by atomic mass is 127.